The average Bonchev–Trinajstić information content (AvgIpc) is 3.11. The molecule has 0 saturated heterocycles. The fourth-order valence-corrected chi connectivity index (χ4v) is 2.48. The van der Waals surface area contributed by atoms with E-state index in [9.17, 15) is 9.18 Å². The largest absolute Gasteiger partial charge is 0.382 e. The van der Waals surface area contributed by atoms with E-state index >= 15 is 0 Å². The van der Waals surface area contributed by atoms with E-state index < -0.39 is 6.10 Å². The number of halogens is 1. The van der Waals surface area contributed by atoms with E-state index in [1.165, 1.54) is 6.07 Å². The lowest BCUT2D eigenvalue weighted by Crippen LogP contribution is -2.34. The van der Waals surface area contributed by atoms with Crippen LogP contribution in [0.2, 0.25) is 0 Å². The average molecular weight is 327 g/mol. The summed E-state index contributed by atoms with van der Waals surface area (Å²) in [6, 6.07) is 14.3. The smallest absolute Gasteiger partial charge is 0.264 e. The number of nitrogens with zero attached hydrogens (tertiary/aromatic N) is 1. The highest BCUT2D eigenvalue weighted by molar-refractivity contribution is 6.04. The Bertz CT molecular complexity index is 762. The Morgan fingerprint density at radius 3 is 2.79 bits per heavy atom. The molecule has 5 nitrogen and oxygen atoms in total. The molecule has 0 unspecified atom stereocenters. The van der Waals surface area contributed by atoms with Crippen LogP contribution in [0.25, 0.3) is 0 Å². The molecule has 3 rings (SSSR count). The molecule has 0 aliphatic carbocycles. The molecule has 2 aromatic rings. The number of nitrogens with two attached hydrogens (primary N) is 1. The number of carbonyl (C=O) groups is 1. The van der Waals surface area contributed by atoms with E-state index in [1.807, 2.05) is 30.3 Å². The van der Waals surface area contributed by atoms with Gasteiger partial charge in [-0.05, 0) is 17.2 Å². The summed E-state index contributed by atoms with van der Waals surface area (Å²) in [7, 11) is 0. The molecule has 0 bridgehead atoms. The quantitative estimate of drug-likeness (QED) is 0.883. The number of benzene rings is 2. The highest BCUT2D eigenvalue weighted by atomic mass is 19.1. The van der Waals surface area contributed by atoms with E-state index in [0.29, 0.717) is 17.5 Å². The number of carbonyl (C=O) groups excluding carboxylic acids is 1. The second kappa shape index (κ2) is 7.23. The van der Waals surface area contributed by atoms with Crippen molar-refractivity contribution >= 4 is 11.6 Å². The predicted octanol–water partition coefficient (Wildman–Crippen LogP) is 2.09. The first-order valence-corrected chi connectivity index (χ1v) is 7.70. The van der Waals surface area contributed by atoms with Gasteiger partial charge in [-0.25, -0.2) is 4.39 Å². The van der Waals surface area contributed by atoms with Crippen molar-refractivity contribution in [1.29, 1.82) is 0 Å². The number of amides is 1. The van der Waals surface area contributed by atoms with Crippen LogP contribution in [0.5, 0.6) is 0 Å². The lowest BCUT2D eigenvalue weighted by molar-refractivity contribution is -0.131. The predicted molar refractivity (Wildman–Crippen MR) is 88.6 cm³/mol. The Morgan fingerprint density at radius 2 is 2.08 bits per heavy atom. The third-order valence-corrected chi connectivity index (χ3v) is 3.87. The Hall–Kier alpha value is -2.73. The topological polar surface area (TPSA) is 76.7 Å². The maximum Gasteiger partial charge on any atom is 0.264 e. The second-order valence-corrected chi connectivity index (χ2v) is 5.55. The summed E-state index contributed by atoms with van der Waals surface area (Å²) in [6.07, 6.45) is -0.295. The van der Waals surface area contributed by atoms with Gasteiger partial charge >= 0.3 is 0 Å². The first-order valence-electron chi connectivity index (χ1n) is 7.70. The minimum atomic E-state index is -0.688. The molecule has 1 amide bonds. The van der Waals surface area contributed by atoms with Crippen LogP contribution in [0.15, 0.2) is 53.7 Å². The fraction of sp³-hybridized carbons (Fsp3) is 0.222. The minimum absolute atomic E-state index is 0.0933. The number of rotatable bonds is 5. The van der Waals surface area contributed by atoms with E-state index in [-0.39, 0.29) is 24.8 Å². The summed E-state index contributed by atoms with van der Waals surface area (Å²) in [5.74, 6) is -0.696. The summed E-state index contributed by atoms with van der Waals surface area (Å²) in [6.45, 7) is 0.370. The summed E-state index contributed by atoms with van der Waals surface area (Å²) in [5, 5.41) is 6.65. The van der Waals surface area contributed by atoms with Crippen molar-refractivity contribution in [3.8, 4) is 0 Å². The summed E-state index contributed by atoms with van der Waals surface area (Å²) >= 11 is 0. The standard InChI is InChI=1S/C18H18FN3O2/c19-15-8-12(10-20)6-7-14(15)11-21-18(23)17-9-16(22-24-17)13-4-2-1-3-5-13/h1-8,17H,9-11,20H2,(H,21,23)/t17-/m0/s1. The maximum atomic E-state index is 13.9. The number of hydrogen-bond acceptors (Lipinski definition) is 4. The number of nitrogens with one attached hydrogen (secondary N) is 1. The first-order chi connectivity index (χ1) is 11.7. The van der Waals surface area contributed by atoms with Crippen molar-refractivity contribution in [3.05, 3.63) is 71.0 Å². The lowest BCUT2D eigenvalue weighted by Gasteiger charge is -2.10. The molecule has 0 radical (unpaired) electrons. The molecule has 1 aliphatic heterocycles. The molecular formula is C18H18FN3O2. The zero-order chi connectivity index (χ0) is 16.9. The van der Waals surface area contributed by atoms with Crippen molar-refractivity contribution in [2.45, 2.75) is 25.6 Å². The van der Waals surface area contributed by atoms with Crippen LogP contribution in [0, 0.1) is 5.82 Å². The molecule has 1 atom stereocenters. The Balaban J connectivity index is 1.55. The monoisotopic (exact) mass is 327 g/mol. The van der Waals surface area contributed by atoms with Crippen molar-refractivity contribution in [1.82, 2.24) is 5.32 Å². The molecule has 3 N–H and O–H groups in total. The highest BCUT2D eigenvalue weighted by Gasteiger charge is 2.28. The Morgan fingerprint density at radius 1 is 1.29 bits per heavy atom. The zero-order valence-corrected chi connectivity index (χ0v) is 13.0. The Labute approximate surface area is 139 Å². The minimum Gasteiger partial charge on any atom is -0.382 e. The molecular weight excluding hydrogens is 309 g/mol. The van der Waals surface area contributed by atoms with Crippen LogP contribution in [0.4, 0.5) is 4.39 Å². The molecule has 0 spiro atoms. The van der Waals surface area contributed by atoms with Gasteiger partial charge in [-0.1, -0.05) is 47.6 Å². The fourth-order valence-electron chi connectivity index (χ4n) is 2.48. The molecule has 24 heavy (non-hydrogen) atoms. The van der Waals surface area contributed by atoms with Gasteiger partial charge in [-0.3, -0.25) is 4.79 Å². The van der Waals surface area contributed by atoms with Crippen LogP contribution in [0.1, 0.15) is 23.1 Å². The summed E-state index contributed by atoms with van der Waals surface area (Å²) < 4.78 is 13.9. The molecule has 1 heterocycles. The Kier molecular flexibility index (Phi) is 4.86. The lowest BCUT2D eigenvalue weighted by atomic mass is 10.0. The zero-order valence-electron chi connectivity index (χ0n) is 13.0. The van der Waals surface area contributed by atoms with Gasteiger partial charge in [-0.15, -0.1) is 0 Å². The molecule has 2 aromatic carbocycles. The molecule has 0 fully saturated rings. The van der Waals surface area contributed by atoms with Crippen molar-refractivity contribution in [2.75, 3.05) is 0 Å². The van der Waals surface area contributed by atoms with Crippen molar-refractivity contribution in [3.63, 3.8) is 0 Å². The molecule has 0 aromatic heterocycles. The second-order valence-electron chi connectivity index (χ2n) is 5.55. The first kappa shape index (κ1) is 16.1. The molecule has 124 valence electrons. The van der Waals surface area contributed by atoms with E-state index in [4.69, 9.17) is 10.6 Å². The molecule has 1 aliphatic rings. The van der Waals surface area contributed by atoms with Crippen LogP contribution in [-0.4, -0.2) is 17.7 Å². The van der Waals surface area contributed by atoms with Crippen LogP contribution >= 0.6 is 0 Å². The van der Waals surface area contributed by atoms with Gasteiger partial charge in [0.15, 0.2) is 0 Å². The number of hydrogen-bond donors (Lipinski definition) is 2. The number of oxime groups is 1. The van der Waals surface area contributed by atoms with Gasteiger partial charge in [0.25, 0.3) is 5.91 Å². The van der Waals surface area contributed by atoms with Gasteiger partial charge in [0, 0.05) is 25.1 Å². The van der Waals surface area contributed by atoms with Gasteiger partial charge in [0.1, 0.15) is 5.82 Å². The maximum absolute atomic E-state index is 13.9. The van der Waals surface area contributed by atoms with E-state index in [2.05, 4.69) is 10.5 Å². The SMILES string of the molecule is NCc1ccc(CNC(=O)[C@@H]2CC(c3ccccc3)=NO2)c(F)c1. The van der Waals surface area contributed by atoms with Crippen molar-refractivity contribution < 1.29 is 14.0 Å². The van der Waals surface area contributed by atoms with Crippen LogP contribution < -0.4 is 11.1 Å². The summed E-state index contributed by atoms with van der Waals surface area (Å²) in [5.41, 5.74) is 8.24. The van der Waals surface area contributed by atoms with Crippen molar-refractivity contribution in [2.24, 2.45) is 10.9 Å². The highest BCUT2D eigenvalue weighted by Crippen LogP contribution is 2.17. The third kappa shape index (κ3) is 3.60. The molecule has 0 saturated carbocycles. The normalized spacial score (nSPS) is 16.4. The summed E-state index contributed by atoms with van der Waals surface area (Å²) in [4.78, 5) is 17.4. The van der Waals surface area contributed by atoms with Gasteiger partial charge < -0.3 is 15.9 Å². The van der Waals surface area contributed by atoms with E-state index in [1.54, 1.807) is 12.1 Å². The molecule has 6 heteroatoms. The third-order valence-electron chi connectivity index (χ3n) is 3.87. The van der Waals surface area contributed by atoms with E-state index in [0.717, 1.165) is 11.3 Å². The van der Waals surface area contributed by atoms with Gasteiger partial charge in [-0.2, -0.15) is 0 Å². The van der Waals surface area contributed by atoms with Crippen LogP contribution in [0.3, 0.4) is 0 Å². The van der Waals surface area contributed by atoms with Crippen LogP contribution in [-0.2, 0) is 22.7 Å². The van der Waals surface area contributed by atoms with Gasteiger partial charge in [0.05, 0.1) is 5.71 Å². The van der Waals surface area contributed by atoms with Gasteiger partial charge in [0.2, 0.25) is 6.10 Å².